The van der Waals surface area contributed by atoms with Crippen molar-refractivity contribution in [3.63, 3.8) is 0 Å². The van der Waals surface area contributed by atoms with Crippen molar-refractivity contribution in [2.24, 2.45) is 0 Å². The van der Waals surface area contributed by atoms with Crippen LogP contribution in [0, 0.1) is 0 Å². The van der Waals surface area contributed by atoms with Crippen LogP contribution in [0.5, 0.6) is 0 Å². The molecule has 0 aliphatic carbocycles. The fourth-order valence-electron chi connectivity index (χ4n) is 1.35. The van der Waals surface area contributed by atoms with E-state index in [0.29, 0.717) is 12.2 Å². The monoisotopic (exact) mass is 304 g/mol. The number of allylic oxidation sites excluding steroid dienone is 2. The largest absolute Gasteiger partial charge is 0.394 e. The standard InChI is InChI=1S/C10H22O.2C3H6.C2H6O2/c1-5-7-9(3)11-10(4)8-6-2;2*1-3-2;3-1-2-4/h9-10H,5-8H2,1-4H3;2*3H,1H2,2H3;3-4H,1-2H2. The van der Waals surface area contributed by atoms with Crippen LogP contribution in [0.15, 0.2) is 25.3 Å². The molecule has 3 heteroatoms. The van der Waals surface area contributed by atoms with E-state index in [1.54, 1.807) is 12.2 Å². The second-order valence-electron chi connectivity index (χ2n) is 4.60. The summed E-state index contributed by atoms with van der Waals surface area (Å²) in [6.45, 7) is 19.0. The first-order valence-electron chi connectivity index (χ1n) is 7.96. The average Bonchev–Trinajstić information content (AvgIpc) is 2.41. The van der Waals surface area contributed by atoms with Crippen LogP contribution in [0.3, 0.4) is 0 Å². The summed E-state index contributed by atoms with van der Waals surface area (Å²) in [5.74, 6) is 0. The van der Waals surface area contributed by atoms with E-state index >= 15 is 0 Å². The maximum Gasteiger partial charge on any atom is 0.0662 e. The van der Waals surface area contributed by atoms with Gasteiger partial charge in [-0.3, -0.25) is 0 Å². The van der Waals surface area contributed by atoms with Gasteiger partial charge in [-0.1, -0.05) is 38.8 Å². The number of aliphatic hydroxyl groups excluding tert-OH is 2. The van der Waals surface area contributed by atoms with Gasteiger partial charge >= 0.3 is 0 Å². The normalized spacial score (nSPS) is 11.2. The molecule has 0 aromatic rings. The van der Waals surface area contributed by atoms with E-state index in [4.69, 9.17) is 14.9 Å². The predicted molar refractivity (Wildman–Crippen MR) is 95.7 cm³/mol. The third kappa shape index (κ3) is 54.4. The molecular formula is C18H40O3. The van der Waals surface area contributed by atoms with Crippen molar-refractivity contribution in [1.82, 2.24) is 0 Å². The minimum atomic E-state index is -0.125. The van der Waals surface area contributed by atoms with Crippen LogP contribution < -0.4 is 0 Å². The number of aliphatic hydroxyl groups is 2. The van der Waals surface area contributed by atoms with E-state index in [2.05, 4.69) is 40.9 Å². The molecule has 0 aliphatic heterocycles. The molecule has 21 heavy (non-hydrogen) atoms. The van der Waals surface area contributed by atoms with Gasteiger partial charge in [-0.15, -0.1) is 13.2 Å². The Hall–Kier alpha value is -0.640. The van der Waals surface area contributed by atoms with Crippen molar-refractivity contribution < 1.29 is 14.9 Å². The number of ether oxygens (including phenoxy) is 1. The Kier molecular flexibility index (Phi) is 43.0. The van der Waals surface area contributed by atoms with E-state index in [1.807, 2.05) is 13.8 Å². The van der Waals surface area contributed by atoms with Crippen LogP contribution in [-0.4, -0.2) is 35.6 Å². The minimum Gasteiger partial charge on any atom is -0.394 e. The summed E-state index contributed by atoms with van der Waals surface area (Å²) in [5, 5.41) is 15.2. The molecule has 2 unspecified atom stereocenters. The van der Waals surface area contributed by atoms with Crippen molar-refractivity contribution in [2.45, 2.75) is 79.4 Å². The molecule has 0 aromatic heterocycles. The quantitative estimate of drug-likeness (QED) is 0.668. The highest BCUT2D eigenvalue weighted by atomic mass is 16.5. The molecule has 0 spiro atoms. The molecule has 0 aromatic carbocycles. The van der Waals surface area contributed by atoms with Crippen molar-refractivity contribution in [1.29, 1.82) is 0 Å². The van der Waals surface area contributed by atoms with Crippen molar-refractivity contribution in [3.8, 4) is 0 Å². The summed E-state index contributed by atoms with van der Waals surface area (Å²) in [6, 6.07) is 0. The Morgan fingerprint density at radius 3 is 1.24 bits per heavy atom. The Bertz CT molecular complexity index is 152. The second kappa shape index (κ2) is 31.6. The molecule has 2 atom stereocenters. The Morgan fingerprint density at radius 1 is 0.857 bits per heavy atom. The lowest BCUT2D eigenvalue weighted by Crippen LogP contribution is -2.16. The van der Waals surface area contributed by atoms with Gasteiger partial charge in [0, 0.05) is 0 Å². The highest BCUT2D eigenvalue weighted by molar-refractivity contribution is 4.54. The van der Waals surface area contributed by atoms with Crippen LogP contribution >= 0.6 is 0 Å². The number of rotatable bonds is 7. The average molecular weight is 305 g/mol. The first-order valence-corrected chi connectivity index (χ1v) is 7.96. The predicted octanol–water partition coefficient (Wildman–Crippen LogP) is 4.74. The third-order valence-electron chi connectivity index (χ3n) is 1.96. The van der Waals surface area contributed by atoms with Gasteiger partial charge in [0.1, 0.15) is 0 Å². The Labute approximate surface area is 133 Å². The highest BCUT2D eigenvalue weighted by Gasteiger charge is 2.05. The zero-order valence-electron chi connectivity index (χ0n) is 15.3. The molecule has 0 amide bonds. The summed E-state index contributed by atoms with van der Waals surface area (Å²) < 4.78 is 5.73. The van der Waals surface area contributed by atoms with Gasteiger partial charge in [-0.25, -0.2) is 0 Å². The van der Waals surface area contributed by atoms with Crippen LogP contribution in [0.25, 0.3) is 0 Å². The van der Waals surface area contributed by atoms with Crippen molar-refractivity contribution >= 4 is 0 Å². The van der Waals surface area contributed by atoms with Gasteiger partial charge in [-0.2, -0.15) is 0 Å². The van der Waals surface area contributed by atoms with Crippen LogP contribution in [-0.2, 0) is 4.74 Å². The molecule has 130 valence electrons. The van der Waals surface area contributed by atoms with E-state index < -0.39 is 0 Å². The molecule has 0 saturated carbocycles. The minimum absolute atomic E-state index is 0.125. The van der Waals surface area contributed by atoms with Gasteiger partial charge in [0.15, 0.2) is 0 Å². The molecule has 0 heterocycles. The fourth-order valence-corrected chi connectivity index (χ4v) is 1.35. The van der Waals surface area contributed by atoms with Crippen LogP contribution in [0.2, 0.25) is 0 Å². The number of hydrogen-bond acceptors (Lipinski definition) is 3. The van der Waals surface area contributed by atoms with Crippen molar-refractivity contribution in [2.75, 3.05) is 13.2 Å². The first kappa shape index (κ1) is 28.5. The van der Waals surface area contributed by atoms with Gasteiger partial charge in [0.05, 0.1) is 25.4 Å². The summed E-state index contributed by atoms with van der Waals surface area (Å²) >= 11 is 0. The fraction of sp³-hybridized carbons (Fsp3) is 0.778. The van der Waals surface area contributed by atoms with E-state index in [9.17, 15) is 0 Å². The molecule has 0 saturated heterocycles. The highest BCUT2D eigenvalue weighted by Crippen LogP contribution is 2.08. The van der Waals surface area contributed by atoms with E-state index in [0.717, 1.165) is 0 Å². The van der Waals surface area contributed by atoms with E-state index in [-0.39, 0.29) is 13.2 Å². The molecule has 0 aliphatic rings. The van der Waals surface area contributed by atoms with Gasteiger partial charge < -0.3 is 14.9 Å². The molecule has 0 rings (SSSR count). The Morgan fingerprint density at radius 2 is 1.10 bits per heavy atom. The van der Waals surface area contributed by atoms with Gasteiger partial charge in [0.2, 0.25) is 0 Å². The zero-order chi connectivity index (χ0) is 17.5. The lowest BCUT2D eigenvalue weighted by atomic mass is 10.2. The van der Waals surface area contributed by atoms with Gasteiger partial charge in [-0.05, 0) is 40.5 Å². The second-order valence-corrected chi connectivity index (χ2v) is 4.60. The maximum atomic E-state index is 7.62. The molecule has 0 bridgehead atoms. The zero-order valence-corrected chi connectivity index (χ0v) is 15.3. The van der Waals surface area contributed by atoms with Gasteiger partial charge in [0.25, 0.3) is 0 Å². The summed E-state index contributed by atoms with van der Waals surface area (Å²) in [6.07, 6.45) is 9.21. The summed E-state index contributed by atoms with van der Waals surface area (Å²) in [4.78, 5) is 0. The molecule has 0 radical (unpaired) electrons. The smallest absolute Gasteiger partial charge is 0.0662 e. The maximum absolute atomic E-state index is 7.62. The topological polar surface area (TPSA) is 49.7 Å². The van der Waals surface area contributed by atoms with Crippen molar-refractivity contribution in [3.05, 3.63) is 25.3 Å². The van der Waals surface area contributed by atoms with E-state index in [1.165, 1.54) is 25.7 Å². The molecular weight excluding hydrogens is 264 g/mol. The summed E-state index contributed by atoms with van der Waals surface area (Å²) in [7, 11) is 0. The lowest BCUT2D eigenvalue weighted by molar-refractivity contribution is -0.000491. The first-order chi connectivity index (χ1) is 9.94. The molecule has 2 N–H and O–H groups in total. The molecule has 3 nitrogen and oxygen atoms in total. The third-order valence-corrected chi connectivity index (χ3v) is 1.96. The van der Waals surface area contributed by atoms with Crippen LogP contribution in [0.1, 0.15) is 67.2 Å². The molecule has 0 fully saturated rings. The Balaban J connectivity index is -0.000000119. The van der Waals surface area contributed by atoms with Crippen LogP contribution in [0.4, 0.5) is 0 Å². The SMILES string of the molecule is C=CC.C=CC.CCCC(C)OC(C)CCC.OCCO. The summed E-state index contributed by atoms with van der Waals surface area (Å²) in [5.41, 5.74) is 0. The number of hydrogen-bond donors (Lipinski definition) is 2. The lowest BCUT2D eigenvalue weighted by Gasteiger charge is -2.17.